The van der Waals surface area contributed by atoms with Crippen LogP contribution in [-0.2, 0) is 18.3 Å². The number of likely N-dealkylation sites (tertiary alicyclic amines) is 1. The second-order valence-electron chi connectivity index (χ2n) is 9.70. The molecule has 1 saturated heterocycles. The summed E-state index contributed by atoms with van der Waals surface area (Å²) in [4.78, 5) is 2.83. The maximum atomic E-state index is 3.68. The van der Waals surface area contributed by atoms with E-state index in [1.165, 1.54) is 50.0 Å². The van der Waals surface area contributed by atoms with Crippen LogP contribution in [0.3, 0.4) is 0 Å². The summed E-state index contributed by atoms with van der Waals surface area (Å²) in [6.07, 6.45) is 6.54. The Morgan fingerprint density at radius 1 is 1.11 bits per heavy atom. The second kappa shape index (κ2) is 7.22. The van der Waals surface area contributed by atoms with Gasteiger partial charge in [0, 0.05) is 24.8 Å². The van der Waals surface area contributed by atoms with Crippen LogP contribution >= 0.6 is 0 Å². The van der Waals surface area contributed by atoms with Crippen LogP contribution in [0.5, 0.6) is 0 Å². The Morgan fingerprint density at radius 3 is 2.71 bits per heavy atom. The van der Waals surface area contributed by atoms with Crippen molar-refractivity contribution in [2.75, 3.05) is 25.0 Å². The highest BCUT2D eigenvalue weighted by Gasteiger charge is 2.48. The largest absolute Gasteiger partial charge is 0.385 e. The fourth-order valence-electron chi connectivity index (χ4n) is 5.67. The number of nitrogens with one attached hydrogen (secondary N) is 1. The summed E-state index contributed by atoms with van der Waals surface area (Å²) >= 11 is 0. The fraction of sp³-hybridized carbons (Fsp3) is 0.538. The fourth-order valence-corrected chi connectivity index (χ4v) is 5.67. The van der Waals surface area contributed by atoms with E-state index in [-0.39, 0.29) is 0 Å². The topological polar surface area (TPSA) is 15.3 Å². The quantitative estimate of drug-likeness (QED) is 0.740. The molecule has 0 radical (unpaired) electrons. The number of anilines is 1. The number of benzene rings is 2. The van der Waals surface area contributed by atoms with Crippen molar-refractivity contribution in [1.82, 2.24) is 4.90 Å². The van der Waals surface area contributed by atoms with Gasteiger partial charge >= 0.3 is 0 Å². The van der Waals surface area contributed by atoms with E-state index < -0.39 is 0 Å². The van der Waals surface area contributed by atoms with Crippen LogP contribution in [0.1, 0.15) is 49.8 Å². The first-order chi connectivity index (χ1) is 13.6. The van der Waals surface area contributed by atoms with Crippen molar-refractivity contribution in [3.63, 3.8) is 0 Å². The van der Waals surface area contributed by atoms with E-state index in [1.54, 1.807) is 11.1 Å². The Balaban J connectivity index is 1.32. The molecular formula is C26H34N2. The first-order valence-electron chi connectivity index (χ1n) is 11.3. The number of nitrogens with zero attached hydrogens (tertiary/aromatic N) is 1. The Hall–Kier alpha value is -1.80. The smallest absolute Gasteiger partial charge is 0.0343 e. The average Bonchev–Trinajstić information content (AvgIpc) is 3.52. The molecule has 1 saturated carbocycles. The van der Waals surface area contributed by atoms with E-state index in [1.807, 2.05) is 0 Å². The van der Waals surface area contributed by atoms with Gasteiger partial charge in [0.2, 0.25) is 0 Å². The Morgan fingerprint density at radius 2 is 1.93 bits per heavy atom. The van der Waals surface area contributed by atoms with Crippen LogP contribution < -0.4 is 5.32 Å². The third kappa shape index (κ3) is 3.37. The molecule has 148 valence electrons. The summed E-state index contributed by atoms with van der Waals surface area (Å²) in [7, 11) is 0. The van der Waals surface area contributed by atoms with Crippen molar-refractivity contribution < 1.29 is 0 Å². The van der Waals surface area contributed by atoms with Crippen LogP contribution in [0.15, 0.2) is 48.5 Å². The van der Waals surface area contributed by atoms with E-state index in [2.05, 4.69) is 72.6 Å². The summed E-state index contributed by atoms with van der Waals surface area (Å²) in [5.41, 5.74) is 6.24. The highest BCUT2D eigenvalue weighted by molar-refractivity contribution is 5.53. The molecule has 2 aromatic rings. The summed E-state index contributed by atoms with van der Waals surface area (Å²) in [6, 6.07) is 18.7. The van der Waals surface area contributed by atoms with Crippen LogP contribution in [-0.4, -0.2) is 30.6 Å². The molecule has 3 atom stereocenters. The molecule has 2 bridgehead atoms. The molecule has 3 aliphatic rings. The lowest BCUT2D eigenvalue weighted by molar-refractivity contribution is 0.0284. The Kier molecular flexibility index (Phi) is 4.71. The molecule has 2 aromatic carbocycles. The van der Waals surface area contributed by atoms with E-state index in [9.17, 15) is 0 Å². The molecule has 0 amide bonds. The van der Waals surface area contributed by atoms with Crippen molar-refractivity contribution >= 4 is 5.69 Å². The van der Waals surface area contributed by atoms with Crippen LogP contribution in [0.2, 0.25) is 0 Å². The van der Waals surface area contributed by atoms with Crippen molar-refractivity contribution in [3.05, 3.63) is 65.2 Å². The number of hydrogen-bond donors (Lipinski definition) is 1. The van der Waals surface area contributed by atoms with Crippen molar-refractivity contribution in [3.8, 4) is 0 Å². The maximum absolute atomic E-state index is 3.68. The zero-order chi connectivity index (χ0) is 19.1. The molecule has 2 fully saturated rings. The molecule has 28 heavy (non-hydrogen) atoms. The van der Waals surface area contributed by atoms with Gasteiger partial charge in [-0.2, -0.15) is 0 Å². The van der Waals surface area contributed by atoms with Gasteiger partial charge in [0.05, 0.1) is 0 Å². The number of hydrogen-bond acceptors (Lipinski definition) is 2. The first-order valence-corrected chi connectivity index (χ1v) is 11.3. The van der Waals surface area contributed by atoms with Gasteiger partial charge in [0.15, 0.2) is 0 Å². The molecule has 2 heteroatoms. The minimum absolute atomic E-state index is 0.329. The van der Waals surface area contributed by atoms with E-state index in [0.717, 1.165) is 30.8 Å². The predicted molar refractivity (Wildman–Crippen MR) is 118 cm³/mol. The Labute approximate surface area is 170 Å². The standard InChI is InChI=1S/C26H34N2/c1-19-25-16-22-10-11-23(27-14-12-20-6-4-3-5-7-20)17-24(22)26(19,2)13-15-28(25)18-21-8-9-21/h3-7,10-11,17,19,21,25,27H,8-9,12-16,18H2,1-2H3/t19-,25?,26-/m0/s1. The molecule has 0 spiro atoms. The lowest BCUT2D eigenvalue weighted by Crippen LogP contribution is -2.58. The Bertz CT molecular complexity index is 826. The van der Waals surface area contributed by atoms with Gasteiger partial charge in [0.1, 0.15) is 0 Å². The molecular weight excluding hydrogens is 340 g/mol. The first kappa shape index (κ1) is 18.2. The molecule has 1 aliphatic heterocycles. The van der Waals surface area contributed by atoms with Crippen molar-refractivity contribution in [1.29, 1.82) is 0 Å². The van der Waals surface area contributed by atoms with Gasteiger partial charge in [-0.3, -0.25) is 4.90 Å². The van der Waals surface area contributed by atoms with E-state index >= 15 is 0 Å². The number of rotatable bonds is 6. The minimum Gasteiger partial charge on any atom is -0.385 e. The molecule has 0 aromatic heterocycles. The summed E-state index contributed by atoms with van der Waals surface area (Å²) in [5.74, 6) is 1.74. The zero-order valence-electron chi connectivity index (χ0n) is 17.5. The molecule has 1 N–H and O–H groups in total. The average molecular weight is 375 g/mol. The molecule has 2 nitrogen and oxygen atoms in total. The SMILES string of the molecule is C[C@H]1C2Cc3ccc(NCCc4ccccc4)cc3[C@@]1(C)CCN2CC1CC1. The van der Waals surface area contributed by atoms with Crippen LogP contribution in [0, 0.1) is 11.8 Å². The van der Waals surface area contributed by atoms with Crippen LogP contribution in [0.4, 0.5) is 5.69 Å². The summed E-state index contributed by atoms with van der Waals surface area (Å²) in [6.45, 7) is 8.67. The lowest BCUT2D eigenvalue weighted by Gasteiger charge is -2.55. The zero-order valence-corrected chi connectivity index (χ0v) is 17.5. The molecule has 1 unspecified atom stereocenters. The van der Waals surface area contributed by atoms with Gasteiger partial charge in [-0.15, -0.1) is 0 Å². The normalized spacial score (nSPS) is 29.4. The highest BCUT2D eigenvalue weighted by Crippen LogP contribution is 2.49. The van der Waals surface area contributed by atoms with Crippen LogP contribution in [0.25, 0.3) is 0 Å². The predicted octanol–water partition coefficient (Wildman–Crippen LogP) is 5.28. The van der Waals surface area contributed by atoms with Gasteiger partial charge in [-0.05, 0) is 84.7 Å². The highest BCUT2D eigenvalue weighted by atomic mass is 15.2. The maximum Gasteiger partial charge on any atom is 0.0343 e. The third-order valence-corrected chi connectivity index (χ3v) is 7.90. The molecule has 1 heterocycles. The summed E-state index contributed by atoms with van der Waals surface area (Å²) in [5, 5.41) is 3.68. The van der Waals surface area contributed by atoms with Gasteiger partial charge in [-0.1, -0.05) is 50.2 Å². The van der Waals surface area contributed by atoms with E-state index in [4.69, 9.17) is 0 Å². The van der Waals surface area contributed by atoms with Gasteiger partial charge < -0.3 is 5.32 Å². The lowest BCUT2D eigenvalue weighted by atomic mass is 9.59. The van der Waals surface area contributed by atoms with E-state index in [0.29, 0.717) is 5.41 Å². The van der Waals surface area contributed by atoms with Gasteiger partial charge in [0.25, 0.3) is 0 Å². The summed E-state index contributed by atoms with van der Waals surface area (Å²) < 4.78 is 0. The molecule has 5 rings (SSSR count). The second-order valence-corrected chi connectivity index (χ2v) is 9.70. The minimum atomic E-state index is 0.329. The van der Waals surface area contributed by atoms with Crippen molar-refractivity contribution in [2.24, 2.45) is 11.8 Å². The molecule has 2 aliphatic carbocycles. The van der Waals surface area contributed by atoms with Gasteiger partial charge in [-0.25, -0.2) is 0 Å². The monoisotopic (exact) mass is 374 g/mol. The number of fused-ring (bicyclic) bond motifs is 4. The third-order valence-electron chi connectivity index (χ3n) is 7.90. The number of piperidine rings is 1. The van der Waals surface area contributed by atoms with Crippen molar-refractivity contribution in [2.45, 2.75) is 57.4 Å².